The second kappa shape index (κ2) is 4.86. The number of carbonyl (C=O) groups excluding carboxylic acids is 1. The molecule has 2 unspecified atom stereocenters. The Labute approximate surface area is 101 Å². The SMILES string of the molecule is CCC1CCC(C)N1C(=O)c1ccc(F)cc1. The summed E-state index contributed by atoms with van der Waals surface area (Å²) in [5.74, 6) is -0.273. The Hall–Kier alpha value is -1.38. The fourth-order valence-corrected chi connectivity index (χ4v) is 2.58. The summed E-state index contributed by atoms with van der Waals surface area (Å²) in [5.41, 5.74) is 0.582. The lowest BCUT2D eigenvalue weighted by Crippen LogP contribution is -2.39. The molecule has 1 aromatic rings. The van der Waals surface area contributed by atoms with E-state index >= 15 is 0 Å². The van der Waals surface area contributed by atoms with Gasteiger partial charge >= 0.3 is 0 Å². The number of likely N-dealkylation sites (tertiary alicyclic amines) is 1. The molecule has 3 heteroatoms. The molecule has 0 radical (unpaired) electrons. The van der Waals surface area contributed by atoms with Gasteiger partial charge < -0.3 is 4.90 Å². The third-order valence-electron chi connectivity index (χ3n) is 3.58. The highest BCUT2D eigenvalue weighted by molar-refractivity contribution is 5.94. The highest BCUT2D eigenvalue weighted by atomic mass is 19.1. The van der Waals surface area contributed by atoms with Crippen molar-refractivity contribution >= 4 is 5.91 Å². The molecule has 0 aromatic heterocycles. The Morgan fingerprint density at radius 2 is 2.00 bits per heavy atom. The topological polar surface area (TPSA) is 20.3 Å². The zero-order valence-electron chi connectivity index (χ0n) is 10.3. The molecule has 1 fully saturated rings. The zero-order valence-corrected chi connectivity index (χ0v) is 10.3. The summed E-state index contributed by atoms with van der Waals surface area (Å²) >= 11 is 0. The molecule has 0 N–H and O–H groups in total. The number of nitrogens with zero attached hydrogens (tertiary/aromatic N) is 1. The van der Waals surface area contributed by atoms with Gasteiger partial charge in [-0.3, -0.25) is 4.79 Å². The fraction of sp³-hybridized carbons (Fsp3) is 0.500. The third kappa shape index (κ3) is 2.33. The molecule has 1 saturated heterocycles. The van der Waals surface area contributed by atoms with Gasteiger partial charge in [-0.05, 0) is 50.5 Å². The van der Waals surface area contributed by atoms with Crippen LogP contribution in [0.3, 0.4) is 0 Å². The molecular formula is C14H18FNO. The van der Waals surface area contributed by atoms with E-state index in [1.54, 1.807) is 12.1 Å². The van der Waals surface area contributed by atoms with Gasteiger partial charge in [-0.25, -0.2) is 4.39 Å². The normalized spacial score (nSPS) is 24.1. The maximum absolute atomic E-state index is 12.8. The van der Waals surface area contributed by atoms with Gasteiger partial charge in [0, 0.05) is 17.6 Å². The number of amides is 1. The van der Waals surface area contributed by atoms with Crippen LogP contribution in [0.4, 0.5) is 4.39 Å². The molecule has 0 saturated carbocycles. The summed E-state index contributed by atoms with van der Waals surface area (Å²) in [5, 5.41) is 0. The second-order valence-electron chi connectivity index (χ2n) is 4.71. The first-order valence-corrected chi connectivity index (χ1v) is 6.21. The van der Waals surface area contributed by atoms with E-state index in [-0.39, 0.29) is 17.8 Å². The summed E-state index contributed by atoms with van der Waals surface area (Å²) in [7, 11) is 0. The molecule has 0 spiro atoms. The van der Waals surface area contributed by atoms with Crippen molar-refractivity contribution < 1.29 is 9.18 Å². The Morgan fingerprint density at radius 1 is 1.35 bits per heavy atom. The molecule has 0 aliphatic carbocycles. The highest BCUT2D eigenvalue weighted by Crippen LogP contribution is 2.27. The number of hydrogen-bond donors (Lipinski definition) is 0. The summed E-state index contributed by atoms with van der Waals surface area (Å²) in [4.78, 5) is 14.3. The van der Waals surface area contributed by atoms with Gasteiger partial charge in [-0.2, -0.15) is 0 Å². The Kier molecular flexibility index (Phi) is 3.46. The van der Waals surface area contributed by atoms with Crippen LogP contribution in [0.25, 0.3) is 0 Å². The molecule has 1 heterocycles. The second-order valence-corrected chi connectivity index (χ2v) is 4.71. The minimum atomic E-state index is -0.303. The lowest BCUT2D eigenvalue weighted by molar-refractivity contribution is 0.0676. The summed E-state index contributed by atoms with van der Waals surface area (Å²) in [6, 6.07) is 6.44. The van der Waals surface area contributed by atoms with Crippen molar-refractivity contribution in [3.63, 3.8) is 0 Å². The summed E-state index contributed by atoms with van der Waals surface area (Å²) in [6.07, 6.45) is 3.12. The predicted molar refractivity (Wildman–Crippen MR) is 65.3 cm³/mol. The summed E-state index contributed by atoms with van der Waals surface area (Å²) < 4.78 is 12.8. The minimum absolute atomic E-state index is 0.0295. The van der Waals surface area contributed by atoms with Gasteiger partial charge in [0.2, 0.25) is 0 Å². The van der Waals surface area contributed by atoms with Crippen LogP contribution < -0.4 is 0 Å². The summed E-state index contributed by atoms with van der Waals surface area (Å²) in [6.45, 7) is 4.19. The van der Waals surface area contributed by atoms with Gasteiger partial charge in [0.1, 0.15) is 5.82 Å². The van der Waals surface area contributed by atoms with Gasteiger partial charge in [0.05, 0.1) is 0 Å². The molecule has 2 nitrogen and oxygen atoms in total. The average Bonchev–Trinajstić information content (AvgIpc) is 2.70. The predicted octanol–water partition coefficient (Wildman–Crippen LogP) is 3.23. The van der Waals surface area contributed by atoms with Crippen molar-refractivity contribution in [2.24, 2.45) is 0 Å². The van der Waals surface area contributed by atoms with Gasteiger partial charge in [0.25, 0.3) is 5.91 Å². The van der Waals surface area contributed by atoms with Gasteiger partial charge in [0.15, 0.2) is 0 Å². The van der Waals surface area contributed by atoms with Crippen LogP contribution in [0.2, 0.25) is 0 Å². The van der Waals surface area contributed by atoms with Crippen molar-refractivity contribution in [2.45, 2.75) is 45.2 Å². The lowest BCUT2D eigenvalue weighted by Gasteiger charge is -2.28. The molecule has 1 aliphatic heterocycles. The number of carbonyl (C=O) groups is 1. The van der Waals surface area contributed by atoms with E-state index in [4.69, 9.17) is 0 Å². The van der Waals surface area contributed by atoms with Crippen molar-refractivity contribution in [2.75, 3.05) is 0 Å². The maximum atomic E-state index is 12.8. The number of benzene rings is 1. The zero-order chi connectivity index (χ0) is 12.4. The smallest absolute Gasteiger partial charge is 0.254 e. The first kappa shape index (κ1) is 12.1. The fourth-order valence-electron chi connectivity index (χ4n) is 2.58. The highest BCUT2D eigenvalue weighted by Gasteiger charge is 2.33. The van der Waals surface area contributed by atoms with E-state index in [2.05, 4.69) is 13.8 Å². The Balaban J connectivity index is 2.21. The molecule has 17 heavy (non-hydrogen) atoms. The van der Waals surface area contributed by atoms with Gasteiger partial charge in [-0.15, -0.1) is 0 Å². The largest absolute Gasteiger partial charge is 0.333 e. The quantitative estimate of drug-likeness (QED) is 0.770. The Morgan fingerprint density at radius 3 is 2.59 bits per heavy atom. The van der Waals surface area contributed by atoms with Crippen LogP contribution in [-0.2, 0) is 0 Å². The van der Waals surface area contributed by atoms with E-state index in [9.17, 15) is 9.18 Å². The van der Waals surface area contributed by atoms with Crippen molar-refractivity contribution in [1.29, 1.82) is 0 Å². The molecule has 2 rings (SSSR count). The van der Waals surface area contributed by atoms with Crippen LogP contribution in [0.5, 0.6) is 0 Å². The Bertz CT molecular complexity index is 401. The molecule has 0 bridgehead atoms. The first-order chi connectivity index (χ1) is 8.13. The van der Waals surface area contributed by atoms with Crippen LogP contribution in [0.15, 0.2) is 24.3 Å². The van der Waals surface area contributed by atoms with E-state index in [1.165, 1.54) is 12.1 Å². The molecular weight excluding hydrogens is 217 g/mol. The van der Waals surface area contributed by atoms with Crippen molar-refractivity contribution in [3.8, 4) is 0 Å². The monoisotopic (exact) mass is 235 g/mol. The van der Waals surface area contributed by atoms with Gasteiger partial charge in [-0.1, -0.05) is 6.92 Å². The third-order valence-corrected chi connectivity index (χ3v) is 3.58. The maximum Gasteiger partial charge on any atom is 0.254 e. The molecule has 1 aromatic carbocycles. The van der Waals surface area contributed by atoms with Crippen molar-refractivity contribution in [3.05, 3.63) is 35.6 Å². The number of rotatable bonds is 2. The lowest BCUT2D eigenvalue weighted by atomic mass is 10.1. The van der Waals surface area contributed by atoms with Crippen LogP contribution >= 0.6 is 0 Å². The number of hydrogen-bond acceptors (Lipinski definition) is 1. The van der Waals surface area contributed by atoms with Crippen LogP contribution in [0.1, 0.15) is 43.5 Å². The first-order valence-electron chi connectivity index (χ1n) is 6.21. The van der Waals surface area contributed by atoms with E-state index in [1.807, 2.05) is 4.90 Å². The van der Waals surface area contributed by atoms with Crippen molar-refractivity contribution in [1.82, 2.24) is 4.90 Å². The van der Waals surface area contributed by atoms with Crippen LogP contribution in [0, 0.1) is 5.82 Å². The minimum Gasteiger partial charge on any atom is -0.333 e. The average molecular weight is 235 g/mol. The van der Waals surface area contributed by atoms with Crippen LogP contribution in [-0.4, -0.2) is 22.9 Å². The molecule has 2 atom stereocenters. The van der Waals surface area contributed by atoms with E-state index < -0.39 is 0 Å². The number of halogens is 1. The van der Waals surface area contributed by atoms with E-state index in [0.29, 0.717) is 11.6 Å². The molecule has 1 aliphatic rings. The van der Waals surface area contributed by atoms with E-state index in [0.717, 1.165) is 19.3 Å². The molecule has 92 valence electrons. The molecule has 1 amide bonds. The standard InChI is InChI=1S/C14H18FNO/c1-3-13-9-4-10(2)16(13)14(17)11-5-7-12(15)8-6-11/h5-8,10,13H,3-4,9H2,1-2H3.